The summed E-state index contributed by atoms with van der Waals surface area (Å²) in [6.45, 7) is 0.288. The maximum Gasteiger partial charge on any atom is 0.573 e. The van der Waals surface area contributed by atoms with Crippen LogP contribution in [0.4, 0.5) is 17.6 Å². The third-order valence-corrected chi connectivity index (χ3v) is 2.13. The van der Waals surface area contributed by atoms with Crippen LogP contribution in [0.15, 0.2) is 6.20 Å². The predicted octanol–water partition coefficient (Wildman–Crippen LogP) is 2.82. The number of pyridine rings is 1. The Morgan fingerprint density at radius 3 is 2.59 bits per heavy atom. The summed E-state index contributed by atoms with van der Waals surface area (Å²) in [5, 5.41) is 8.47. The first kappa shape index (κ1) is 13.2. The van der Waals surface area contributed by atoms with E-state index in [2.05, 4.69) is 9.72 Å². The third kappa shape index (κ3) is 3.31. The van der Waals surface area contributed by atoms with Crippen LogP contribution in [0.1, 0.15) is 16.8 Å². The number of rotatable bonds is 3. The molecule has 1 aromatic rings. The van der Waals surface area contributed by atoms with Crippen LogP contribution in [-0.2, 0) is 13.1 Å². The minimum absolute atomic E-state index is 0.0921. The highest BCUT2D eigenvalue weighted by Crippen LogP contribution is 2.29. The predicted molar refractivity (Wildman–Crippen MR) is 49.8 cm³/mol. The van der Waals surface area contributed by atoms with E-state index in [1.165, 1.54) is 6.92 Å². The first-order chi connectivity index (χ1) is 7.89. The minimum atomic E-state index is -4.89. The summed E-state index contributed by atoms with van der Waals surface area (Å²) in [5.74, 6) is -0.667. The Morgan fingerprint density at radius 1 is 1.47 bits per heavy atom. The monoisotopic (exact) mass is 248 g/mol. The summed E-state index contributed by atoms with van der Waals surface area (Å²) in [6, 6.07) is 1.80. The van der Waals surface area contributed by atoms with Gasteiger partial charge in [0.1, 0.15) is 6.67 Å². The van der Waals surface area contributed by atoms with Crippen molar-refractivity contribution < 1.29 is 22.3 Å². The number of alkyl halides is 4. The molecule has 0 aromatic carbocycles. The smallest absolute Gasteiger partial charge is 0.404 e. The average Bonchev–Trinajstić information content (AvgIpc) is 2.21. The van der Waals surface area contributed by atoms with Gasteiger partial charge in [0.05, 0.1) is 24.4 Å². The van der Waals surface area contributed by atoms with E-state index in [0.29, 0.717) is 0 Å². The van der Waals surface area contributed by atoms with E-state index >= 15 is 0 Å². The van der Waals surface area contributed by atoms with E-state index in [0.717, 1.165) is 6.20 Å². The summed E-state index contributed by atoms with van der Waals surface area (Å²) in [7, 11) is 0. The van der Waals surface area contributed by atoms with Gasteiger partial charge in [-0.25, -0.2) is 4.39 Å². The molecule has 92 valence electrons. The highest BCUT2D eigenvalue weighted by atomic mass is 19.4. The zero-order chi connectivity index (χ0) is 13.1. The van der Waals surface area contributed by atoms with Crippen molar-refractivity contribution in [3.8, 4) is 11.8 Å². The molecule has 0 saturated carbocycles. The van der Waals surface area contributed by atoms with Crippen LogP contribution in [0, 0.1) is 18.3 Å². The summed E-state index contributed by atoms with van der Waals surface area (Å²) in [4.78, 5) is 3.65. The van der Waals surface area contributed by atoms with Crippen LogP contribution >= 0.6 is 0 Å². The summed E-state index contributed by atoms with van der Waals surface area (Å²) in [5.41, 5.74) is 0.216. The van der Waals surface area contributed by atoms with Gasteiger partial charge in [-0.15, -0.1) is 13.2 Å². The molecule has 0 spiro atoms. The topological polar surface area (TPSA) is 45.9 Å². The van der Waals surface area contributed by atoms with Crippen LogP contribution < -0.4 is 4.74 Å². The van der Waals surface area contributed by atoms with Crippen LogP contribution in [0.5, 0.6) is 5.75 Å². The molecule has 0 radical (unpaired) electrons. The number of ether oxygens (including phenoxy) is 1. The fraction of sp³-hybridized carbons (Fsp3) is 0.400. The molecule has 0 unspecified atom stereocenters. The number of nitrogens with zero attached hydrogens (tertiary/aromatic N) is 2. The fourth-order valence-electron chi connectivity index (χ4n) is 1.30. The second-order valence-corrected chi connectivity index (χ2v) is 3.19. The molecule has 0 N–H and O–H groups in total. The van der Waals surface area contributed by atoms with Crippen LogP contribution in [0.25, 0.3) is 0 Å². The third-order valence-electron chi connectivity index (χ3n) is 2.13. The highest BCUT2D eigenvalue weighted by molar-refractivity contribution is 5.40. The van der Waals surface area contributed by atoms with Crippen LogP contribution in [0.3, 0.4) is 0 Å². The van der Waals surface area contributed by atoms with E-state index in [9.17, 15) is 17.6 Å². The molecule has 0 amide bonds. The lowest BCUT2D eigenvalue weighted by Crippen LogP contribution is -2.19. The SMILES string of the molecule is Cc1c(CC#N)ncc(OC(F)(F)F)c1CF. The Balaban J connectivity index is 3.17. The van der Waals surface area contributed by atoms with E-state index in [4.69, 9.17) is 5.26 Å². The molecular formula is C10H8F4N2O. The lowest BCUT2D eigenvalue weighted by Gasteiger charge is -2.14. The minimum Gasteiger partial charge on any atom is -0.404 e. The van der Waals surface area contributed by atoms with Crippen molar-refractivity contribution in [1.82, 2.24) is 4.98 Å². The fourth-order valence-corrected chi connectivity index (χ4v) is 1.30. The van der Waals surface area contributed by atoms with Crippen molar-refractivity contribution in [2.75, 3.05) is 0 Å². The van der Waals surface area contributed by atoms with Gasteiger partial charge in [-0.3, -0.25) is 4.98 Å². The highest BCUT2D eigenvalue weighted by Gasteiger charge is 2.32. The molecule has 0 atom stereocenters. The van der Waals surface area contributed by atoms with E-state index < -0.39 is 18.8 Å². The Morgan fingerprint density at radius 2 is 2.12 bits per heavy atom. The van der Waals surface area contributed by atoms with Gasteiger partial charge in [0.25, 0.3) is 0 Å². The largest absolute Gasteiger partial charge is 0.573 e. The zero-order valence-corrected chi connectivity index (χ0v) is 8.81. The zero-order valence-electron chi connectivity index (χ0n) is 8.81. The standard InChI is InChI=1S/C10H8F4N2O/c1-6-7(4-11)9(17-10(12,13)14)5-16-8(6)2-3-15/h5H,2,4H2,1H3. The van der Waals surface area contributed by atoms with Gasteiger partial charge in [0.15, 0.2) is 5.75 Å². The Bertz CT molecular complexity index is 451. The lowest BCUT2D eigenvalue weighted by atomic mass is 10.1. The van der Waals surface area contributed by atoms with Crippen LogP contribution in [-0.4, -0.2) is 11.3 Å². The van der Waals surface area contributed by atoms with Gasteiger partial charge in [-0.1, -0.05) is 0 Å². The first-order valence-electron chi connectivity index (χ1n) is 4.55. The van der Waals surface area contributed by atoms with Gasteiger partial charge in [-0.2, -0.15) is 5.26 Å². The van der Waals surface area contributed by atoms with Gasteiger partial charge < -0.3 is 4.74 Å². The molecule has 7 heteroatoms. The van der Waals surface area contributed by atoms with Crippen LogP contribution in [0.2, 0.25) is 0 Å². The molecule has 0 aliphatic heterocycles. The van der Waals surface area contributed by atoms with Crippen molar-refractivity contribution in [3.63, 3.8) is 0 Å². The summed E-state index contributed by atoms with van der Waals surface area (Å²) >= 11 is 0. The number of aromatic nitrogens is 1. The Hall–Kier alpha value is -1.84. The number of hydrogen-bond acceptors (Lipinski definition) is 3. The molecule has 1 aromatic heterocycles. The number of hydrogen-bond donors (Lipinski definition) is 0. The van der Waals surface area contributed by atoms with Crippen molar-refractivity contribution >= 4 is 0 Å². The quantitative estimate of drug-likeness (QED) is 0.772. The van der Waals surface area contributed by atoms with Crippen molar-refractivity contribution in [1.29, 1.82) is 5.26 Å². The molecule has 0 saturated heterocycles. The molecule has 3 nitrogen and oxygen atoms in total. The molecule has 0 fully saturated rings. The van der Waals surface area contributed by atoms with Crippen molar-refractivity contribution in [2.24, 2.45) is 0 Å². The van der Waals surface area contributed by atoms with Gasteiger partial charge in [-0.05, 0) is 12.5 Å². The van der Waals surface area contributed by atoms with Gasteiger partial charge >= 0.3 is 6.36 Å². The molecule has 17 heavy (non-hydrogen) atoms. The number of nitriles is 1. The Kier molecular flexibility index (Phi) is 3.89. The molecule has 1 heterocycles. The van der Waals surface area contributed by atoms with Crippen molar-refractivity contribution in [3.05, 3.63) is 23.0 Å². The van der Waals surface area contributed by atoms with E-state index in [1.807, 2.05) is 0 Å². The molecule has 0 bridgehead atoms. The summed E-state index contributed by atoms with van der Waals surface area (Å²) < 4.78 is 52.4. The number of halogens is 4. The lowest BCUT2D eigenvalue weighted by molar-refractivity contribution is -0.275. The normalized spacial score (nSPS) is 11.1. The van der Waals surface area contributed by atoms with Gasteiger partial charge in [0.2, 0.25) is 0 Å². The maximum absolute atomic E-state index is 12.7. The second-order valence-electron chi connectivity index (χ2n) is 3.19. The van der Waals surface area contributed by atoms with Crippen molar-refractivity contribution in [2.45, 2.75) is 26.4 Å². The Labute approximate surface area is 94.6 Å². The molecular weight excluding hydrogens is 240 g/mol. The van der Waals surface area contributed by atoms with E-state index in [1.54, 1.807) is 6.07 Å². The molecule has 0 aliphatic rings. The summed E-state index contributed by atoms with van der Waals surface area (Å²) in [6.07, 6.45) is -4.21. The molecule has 1 rings (SSSR count). The maximum atomic E-state index is 12.7. The molecule has 0 aliphatic carbocycles. The first-order valence-corrected chi connectivity index (χ1v) is 4.55. The second kappa shape index (κ2) is 4.99. The average molecular weight is 248 g/mol. The van der Waals surface area contributed by atoms with E-state index in [-0.39, 0.29) is 23.2 Å². The van der Waals surface area contributed by atoms with Gasteiger partial charge in [0, 0.05) is 5.56 Å².